The van der Waals surface area contributed by atoms with Crippen LogP contribution < -0.4 is 15.0 Å². The fourth-order valence-electron chi connectivity index (χ4n) is 2.95. The quantitative estimate of drug-likeness (QED) is 0.553. The molecule has 0 aliphatic heterocycles. The molecule has 7 heteroatoms. The molecule has 0 aliphatic carbocycles. The molecule has 27 heavy (non-hydrogen) atoms. The lowest BCUT2D eigenvalue weighted by Gasteiger charge is -2.09. The van der Waals surface area contributed by atoms with Crippen LogP contribution in [0, 0.1) is 0 Å². The van der Waals surface area contributed by atoms with Crippen molar-refractivity contribution in [3.8, 4) is 11.5 Å². The molecule has 136 valence electrons. The first kappa shape index (κ1) is 16.8. The summed E-state index contributed by atoms with van der Waals surface area (Å²) in [6, 6.07) is 13.1. The van der Waals surface area contributed by atoms with Crippen LogP contribution in [0.25, 0.3) is 21.9 Å². The third-order valence-electron chi connectivity index (χ3n) is 4.22. The molecule has 0 fully saturated rings. The van der Waals surface area contributed by atoms with E-state index in [0.29, 0.717) is 29.1 Å². The van der Waals surface area contributed by atoms with E-state index in [1.165, 1.54) is 11.0 Å². The van der Waals surface area contributed by atoms with Gasteiger partial charge in [0, 0.05) is 10.9 Å². The van der Waals surface area contributed by atoms with Crippen LogP contribution in [0.4, 0.5) is 0 Å². The van der Waals surface area contributed by atoms with E-state index in [2.05, 4.69) is 15.1 Å². The third-order valence-corrected chi connectivity index (χ3v) is 4.22. The minimum atomic E-state index is -0.259. The predicted octanol–water partition coefficient (Wildman–Crippen LogP) is 3.17. The number of hydrogen-bond acceptors (Lipinski definition) is 5. The van der Waals surface area contributed by atoms with Gasteiger partial charge >= 0.3 is 0 Å². The van der Waals surface area contributed by atoms with E-state index in [1.807, 2.05) is 43.3 Å². The number of nitrogens with zero attached hydrogens (tertiary/aromatic N) is 3. The molecule has 4 rings (SSSR count). The zero-order chi connectivity index (χ0) is 18.8. The Labute approximate surface area is 154 Å². The number of aromatic amines is 1. The average molecular weight is 362 g/mol. The van der Waals surface area contributed by atoms with Gasteiger partial charge in [0.1, 0.15) is 17.4 Å². The highest BCUT2D eigenvalue weighted by molar-refractivity contribution is 6.04. The SMILES string of the molecule is CCOc1ccc(/C=N/n2cnc3c([nH]c4ccccc43)c2=O)cc1OC. The van der Waals surface area contributed by atoms with Crippen molar-refractivity contribution in [2.45, 2.75) is 6.92 Å². The largest absolute Gasteiger partial charge is 0.493 e. The smallest absolute Gasteiger partial charge is 0.298 e. The molecule has 0 spiro atoms. The number of ether oxygens (including phenoxy) is 2. The van der Waals surface area contributed by atoms with E-state index in [-0.39, 0.29) is 5.56 Å². The topological polar surface area (TPSA) is 81.5 Å². The van der Waals surface area contributed by atoms with Gasteiger partial charge in [0.15, 0.2) is 11.5 Å². The van der Waals surface area contributed by atoms with Gasteiger partial charge in [-0.3, -0.25) is 4.79 Å². The van der Waals surface area contributed by atoms with Crippen LogP contribution in [0.5, 0.6) is 11.5 Å². The molecule has 1 N–H and O–H groups in total. The Morgan fingerprint density at radius 3 is 2.89 bits per heavy atom. The van der Waals surface area contributed by atoms with E-state index in [4.69, 9.17) is 9.47 Å². The molecule has 2 aromatic carbocycles. The van der Waals surface area contributed by atoms with Gasteiger partial charge in [0.25, 0.3) is 5.56 Å². The van der Waals surface area contributed by atoms with Crippen molar-refractivity contribution in [1.29, 1.82) is 0 Å². The molecule has 7 nitrogen and oxygen atoms in total. The van der Waals surface area contributed by atoms with Gasteiger partial charge in [-0.1, -0.05) is 18.2 Å². The van der Waals surface area contributed by atoms with Crippen LogP contribution in [-0.2, 0) is 0 Å². The molecular weight excluding hydrogens is 344 g/mol. The Hall–Kier alpha value is -3.61. The van der Waals surface area contributed by atoms with E-state index in [1.54, 1.807) is 19.4 Å². The second kappa shape index (κ2) is 6.95. The first-order chi connectivity index (χ1) is 13.2. The van der Waals surface area contributed by atoms with Gasteiger partial charge in [0.2, 0.25) is 0 Å². The second-order valence-electron chi connectivity index (χ2n) is 5.88. The van der Waals surface area contributed by atoms with Crippen LogP contribution in [-0.4, -0.2) is 34.6 Å². The summed E-state index contributed by atoms with van der Waals surface area (Å²) in [7, 11) is 1.58. The van der Waals surface area contributed by atoms with E-state index < -0.39 is 0 Å². The predicted molar refractivity (Wildman–Crippen MR) is 105 cm³/mol. The molecule has 4 aromatic rings. The van der Waals surface area contributed by atoms with Crippen LogP contribution >= 0.6 is 0 Å². The molecule has 0 bridgehead atoms. The number of H-pyrrole nitrogens is 1. The number of aromatic nitrogens is 3. The van der Waals surface area contributed by atoms with Crippen LogP contribution in [0.15, 0.2) is 58.7 Å². The molecule has 0 amide bonds. The molecule has 0 saturated carbocycles. The zero-order valence-corrected chi connectivity index (χ0v) is 15.0. The second-order valence-corrected chi connectivity index (χ2v) is 5.88. The number of para-hydroxylation sites is 1. The van der Waals surface area contributed by atoms with E-state index in [9.17, 15) is 4.79 Å². The highest BCUT2D eigenvalue weighted by Gasteiger charge is 2.10. The molecule has 0 aliphatic rings. The first-order valence-corrected chi connectivity index (χ1v) is 8.54. The summed E-state index contributed by atoms with van der Waals surface area (Å²) in [4.78, 5) is 20.2. The van der Waals surface area contributed by atoms with E-state index in [0.717, 1.165) is 16.5 Å². The molecule has 0 saturated heterocycles. The number of nitrogens with one attached hydrogen (secondary N) is 1. The maximum Gasteiger partial charge on any atom is 0.298 e. The lowest BCUT2D eigenvalue weighted by Crippen LogP contribution is -2.17. The van der Waals surface area contributed by atoms with Crippen molar-refractivity contribution in [1.82, 2.24) is 14.6 Å². The van der Waals surface area contributed by atoms with Gasteiger partial charge in [-0.05, 0) is 36.8 Å². The fraction of sp³-hybridized carbons (Fsp3) is 0.150. The zero-order valence-electron chi connectivity index (χ0n) is 15.0. The minimum absolute atomic E-state index is 0.259. The Kier molecular flexibility index (Phi) is 4.33. The molecular formula is C20H18N4O3. The number of benzene rings is 2. The highest BCUT2D eigenvalue weighted by Crippen LogP contribution is 2.27. The van der Waals surface area contributed by atoms with Crippen LogP contribution in [0.3, 0.4) is 0 Å². The summed E-state index contributed by atoms with van der Waals surface area (Å²) in [5.74, 6) is 1.27. The van der Waals surface area contributed by atoms with Crippen molar-refractivity contribution < 1.29 is 9.47 Å². The monoisotopic (exact) mass is 362 g/mol. The third kappa shape index (κ3) is 3.03. The van der Waals surface area contributed by atoms with Crippen molar-refractivity contribution in [2.75, 3.05) is 13.7 Å². The Balaban J connectivity index is 1.72. The number of fused-ring (bicyclic) bond motifs is 3. The number of methoxy groups -OCH3 is 1. The average Bonchev–Trinajstić information content (AvgIpc) is 3.08. The van der Waals surface area contributed by atoms with Crippen molar-refractivity contribution in [3.63, 3.8) is 0 Å². The Morgan fingerprint density at radius 2 is 2.07 bits per heavy atom. The highest BCUT2D eigenvalue weighted by atomic mass is 16.5. The minimum Gasteiger partial charge on any atom is -0.493 e. The molecule has 2 heterocycles. The van der Waals surface area contributed by atoms with Gasteiger partial charge < -0.3 is 14.5 Å². The maximum absolute atomic E-state index is 12.7. The Bertz CT molecular complexity index is 1210. The van der Waals surface area contributed by atoms with E-state index >= 15 is 0 Å². The summed E-state index contributed by atoms with van der Waals surface area (Å²) in [6.07, 6.45) is 3.00. The fourth-order valence-corrected chi connectivity index (χ4v) is 2.95. The summed E-state index contributed by atoms with van der Waals surface area (Å²) in [5, 5.41) is 5.16. The van der Waals surface area contributed by atoms with Gasteiger partial charge in [-0.15, -0.1) is 0 Å². The van der Waals surface area contributed by atoms with Crippen molar-refractivity contribution >= 4 is 28.2 Å². The van der Waals surface area contributed by atoms with Crippen molar-refractivity contribution in [3.05, 3.63) is 64.7 Å². The molecule has 2 aromatic heterocycles. The summed E-state index contributed by atoms with van der Waals surface area (Å²) >= 11 is 0. The lowest BCUT2D eigenvalue weighted by molar-refractivity contribution is 0.311. The first-order valence-electron chi connectivity index (χ1n) is 8.54. The van der Waals surface area contributed by atoms with Crippen molar-refractivity contribution in [2.24, 2.45) is 5.10 Å². The number of rotatable bonds is 5. The Morgan fingerprint density at radius 1 is 1.22 bits per heavy atom. The molecule has 0 atom stereocenters. The molecule has 0 radical (unpaired) electrons. The van der Waals surface area contributed by atoms with Crippen LogP contribution in [0.2, 0.25) is 0 Å². The summed E-state index contributed by atoms with van der Waals surface area (Å²) < 4.78 is 12.0. The summed E-state index contributed by atoms with van der Waals surface area (Å²) in [5.41, 5.74) is 2.46. The van der Waals surface area contributed by atoms with Gasteiger partial charge in [-0.2, -0.15) is 9.78 Å². The standard InChI is InChI=1S/C20H18N4O3/c1-3-27-16-9-8-13(10-17(16)26-2)11-22-24-12-21-18-14-6-4-5-7-15(14)23-19(18)20(24)25/h4-12,23H,3H2,1-2H3/b22-11+. The molecule has 0 unspecified atom stereocenters. The van der Waals surface area contributed by atoms with Crippen LogP contribution in [0.1, 0.15) is 12.5 Å². The lowest BCUT2D eigenvalue weighted by atomic mass is 10.2. The van der Waals surface area contributed by atoms with Gasteiger partial charge in [-0.25, -0.2) is 4.98 Å². The summed E-state index contributed by atoms with van der Waals surface area (Å²) in [6.45, 7) is 2.46. The maximum atomic E-state index is 12.7. The number of hydrogen-bond donors (Lipinski definition) is 1. The normalized spacial score (nSPS) is 11.5. The van der Waals surface area contributed by atoms with Gasteiger partial charge in [0.05, 0.1) is 19.9 Å².